The maximum atomic E-state index is 13.6. The fraction of sp³-hybridized carbons (Fsp3) is 0.375. The van der Waals surface area contributed by atoms with Crippen molar-refractivity contribution < 1.29 is 18.7 Å². The van der Waals surface area contributed by atoms with Crippen molar-refractivity contribution >= 4 is 29.2 Å². The maximum Gasteiger partial charge on any atom is 0.337 e. The quantitative estimate of drug-likeness (QED) is 0.584. The second-order valence-corrected chi connectivity index (χ2v) is 8.94. The minimum Gasteiger partial charge on any atom is -0.465 e. The molecule has 162 valence electrons. The van der Waals surface area contributed by atoms with Crippen LogP contribution in [0, 0.1) is 5.92 Å². The van der Waals surface area contributed by atoms with E-state index in [2.05, 4.69) is 0 Å². The van der Waals surface area contributed by atoms with Crippen molar-refractivity contribution in [2.45, 2.75) is 45.1 Å². The molecule has 1 aliphatic heterocycles. The van der Waals surface area contributed by atoms with Gasteiger partial charge in [0.1, 0.15) is 18.0 Å². The van der Waals surface area contributed by atoms with Gasteiger partial charge in [0.25, 0.3) is 5.91 Å². The number of rotatable bonds is 6. The van der Waals surface area contributed by atoms with Gasteiger partial charge < -0.3 is 9.64 Å². The van der Waals surface area contributed by atoms with Crippen LogP contribution < -0.4 is 0 Å². The van der Waals surface area contributed by atoms with E-state index < -0.39 is 18.3 Å². The molecule has 7 heteroatoms. The highest BCUT2D eigenvalue weighted by Gasteiger charge is 2.49. The van der Waals surface area contributed by atoms with Gasteiger partial charge in [0.15, 0.2) is 0 Å². The molecule has 1 saturated carbocycles. The predicted octanol–water partition coefficient (Wildman–Crippen LogP) is 5.11. The van der Waals surface area contributed by atoms with Crippen LogP contribution in [-0.4, -0.2) is 35.3 Å². The molecule has 0 aromatic heterocycles. The summed E-state index contributed by atoms with van der Waals surface area (Å²) in [6, 6.07) is 11.8. The molecular formula is C24H24ClFN2O3. The first-order valence-electron chi connectivity index (χ1n) is 10.2. The summed E-state index contributed by atoms with van der Waals surface area (Å²) in [5, 5.41) is 0.369. The number of aliphatic imine (C=N–C) groups is 1. The van der Waals surface area contributed by atoms with E-state index in [1.165, 1.54) is 7.11 Å². The molecule has 2 aromatic rings. The third-order valence-corrected chi connectivity index (χ3v) is 6.02. The van der Waals surface area contributed by atoms with Crippen molar-refractivity contribution in [2.24, 2.45) is 10.9 Å². The van der Waals surface area contributed by atoms with Crippen molar-refractivity contribution in [2.75, 3.05) is 7.11 Å². The molecule has 31 heavy (non-hydrogen) atoms. The Hall–Kier alpha value is -2.73. The van der Waals surface area contributed by atoms with Crippen LogP contribution in [0.3, 0.4) is 0 Å². The van der Waals surface area contributed by atoms with Crippen LogP contribution in [0.2, 0.25) is 5.02 Å². The molecule has 1 amide bonds. The van der Waals surface area contributed by atoms with E-state index in [1.54, 1.807) is 30.3 Å². The number of benzene rings is 2. The van der Waals surface area contributed by atoms with E-state index in [0.29, 0.717) is 33.3 Å². The monoisotopic (exact) mass is 442 g/mol. The molecule has 0 radical (unpaired) electrons. The maximum absolute atomic E-state index is 13.6. The summed E-state index contributed by atoms with van der Waals surface area (Å²) in [7, 11) is 1.34. The third-order valence-electron chi connectivity index (χ3n) is 5.80. The first kappa shape index (κ1) is 21.5. The van der Waals surface area contributed by atoms with Crippen LogP contribution >= 0.6 is 11.6 Å². The van der Waals surface area contributed by atoms with Gasteiger partial charge in [0.05, 0.1) is 18.7 Å². The molecule has 1 unspecified atom stereocenters. The van der Waals surface area contributed by atoms with E-state index in [-0.39, 0.29) is 11.9 Å². The molecule has 1 aliphatic carbocycles. The summed E-state index contributed by atoms with van der Waals surface area (Å²) in [4.78, 5) is 31.9. The molecule has 0 bridgehead atoms. The molecule has 4 rings (SSSR count). The lowest BCUT2D eigenvalue weighted by Crippen LogP contribution is -2.46. The lowest BCUT2D eigenvalue weighted by atomic mass is 9.96. The zero-order chi connectivity index (χ0) is 22.3. The van der Waals surface area contributed by atoms with Gasteiger partial charge in [-0.2, -0.15) is 0 Å². The van der Waals surface area contributed by atoms with Gasteiger partial charge >= 0.3 is 5.97 Å². The highest BCUT2D eigenvalue weighted by molar-refractivity contribution is 6.47. The van der Waals surface area contributed by atoms with Gasteiger partial charge in [0.2, 0.25) is 0 Å². The first-order valence-corrected chi connectivity index (χ1v) is 10.6. The highest BCUT2D eigenvalue weighted by atomic mass is 35.5. The first-order chi connectivity index (χ1) is 14.7. The molecule has 2 aliphatic rings. The number of hydrogen-bond donors (Lipinski definition) is 0. The fourth-order valence-corrected chi connectivity index (χ4v) is 4.49. The predicted molar refractivity (Wildman–Crippen MR) is 117 cm³/mol. The van der Waals surface area contributed by atoms with Crippen molar-refractivity contribution in [3.8, 4) is 0 Å². The van der Waals surface area contributed by atoms with Crippen molar-refractivity contribution in [3.05, 3.63) is 69.7 Å². The average Bonchev–Trinajstić information content (AvgIpc) is 3.55. The minimum atomic E-state index is -0.779. The fourth-order valence-electron chi connectivity index (χ4n) is 4.24. The third kappa shape index (κ3) is 4.09. The summed E-state index contributed by atoms with van der Waals surface area (Å²) in [6.07, 6.45) is 2.03. The van der Waals surface area contributed by atoms with Crippen molar-refractivity contribution in [1.29, 1.82) is 0 Å². The normalized spacial score (nSPS) is 18.7. The van der Waals surface area contributed by atoms with E-state index in [0.717, 1.165) is 18.4 Å². The van der Waals surface area contributed by atoms with Gasteiger partial charge in [-0.3, -0.25) is 9.79 Å². The van der Waals surface area contributed by atoms with Gasteiger partial charge in [-0.1, -0.05) is 23.7 Å². The zero-order valence-electron chi connectivity index (χ0n) is 17.7. The SMILES string of the molecule is COC(=O)c1ccc(C(C2CC2)N2C(=O)C(c3cc(Cl)cc(CF)c3)=NC2(C)C)cc1. The molecule has 1 fully saturated rings. The van der Waals surface area contributed by atoms with Gasteiger partial charge in [-0.25, -0.2) is 9.18 Å². The van der Waals surface area contributed by atoms with E-state index in [9.17, 15) is 14.0 Å². The minimum absolute atomic E-state index is 0.171. The lowest BCUT2D eigenvalue weighted by Gasteiger charge is -2.37. The Balaban J connectivity index is 1.70. The van der Waals surface area contributed by atoms with Crippen LogP contribution in [0.1, 0.15) is 59.8 Å². The number of nitrogens with zero attached hydrogens (tertiary/aromatic N) is 2. The summed E-state index contributed by atoms with van der Waals surface area (Å²) in [5.41, 5.74) is 1.85. The number of amides is 1. The molecule has 0 N–H and O–H groups in total. The second-order valence-electron chi connectivity index (χ2n) is 8.51. The number of ether oxygens (including phenoxy) is 1. The lowest BCUT2D eigenvalue weighted by molar-refractivity contribution is -0.130. The standard InChI is InChI=1S/C24H24ClFN2O3/c1-24(2)27-20(18-10-14(13-26)11-19(25)12-18)22(29)28(24)21(15-4-5-15)16-6-8-17(9-7-16)23(30)31-3/h6-12,15,21H,4-5,13H2,1-3H3. The summed E-state index contributed by atoms with van der Waals surface area (Å²) >= 11 is 6.15. The molecule has 1 atom stereocenters. The van der Waals surface area contributed by atoms with Gasteiger partial charge in [-0.15, -0.1) is 0 Å². The molecule has 0 spiro atoms. The topological polar surface area (TPSA) is 59.0 Å². The summed E-state index contributed by atoms with van der Waals surface area (Å²) in [6.45, 7) is 3.13. The van der Waals surface area contributed by atoms with E-state index in [1.807, 2.05) is 30.9 Å². The number of halogens is 2. The Morgan fingerprint density at radius 2 is 1.94 bits per heavy atom. The smallest absolute Gasteiger partial charge is 0.337 e. The van der Waals surface area contributed by atoms with Crippen molar-refractivity contribution in [3.63, 3.8) is 0 Å². The summed E-state index contributed by atoms with van der Waals surface area (Å²) in [5.74, 6) is -0.282. The van der Waals surface area contributed by atoms with Gasteiger partial charge in [-0.05, 0) is 74.1 Å². The Labute approximate surface area is 185 Å². The number of hydrogen-bond acceptors (Lipinski definition) is 4. The zero-order valence-corrected chi connectivity index (χ0v) is 18.4. The van der Waals surface area contributed by atoms with E-state index >= 15 is 0 Å². The molecule has 1 heterocycles. The molecular weight excluding hydrogens is 419 g/mol. The molecule has 0 saturated heterocycles. The Bertz CT molecular complexity index is 1060. The Kier molecular flexibility index (Phi) is 5.60. The molecule has 2 aromatic carbocycles. The average molecular weight is 443 g/mol. The summed E-state index contributed by atoms with van der Waals surface area (Å²) < 4.78 is 18.0. The van der Waals surface area contributed by atoms with Crippen LogP contribution in [0.4, 0.5) is 4.39 Å². The van der Waals surface area contributed by atoms with Crippen LogP contribution in [0.15, 0.2) is 47.5 Å². The van der Waals surface area contributed by atoms with E-state index in [4.69, 9.17) is 21.3 Å². The Morgan fingerprint density at radius 3 is 2.52 bits per heavy atom. The number of carbonyl (C=O) groups is 2. The number of esters is 1. The highest BCUT2D eigenvalue weighted by Crippen LogP contribution is 2.48. The molecule has 5 nitrogen and oxygen atoms in total. The number of alkyl halides is 1. The van der Waals surface area contributed by atoms with Crippen LogP contribution in [0.25, 0.3) is 0 Å². The van der Waals surface area contributed by atoms with Crippen LogP contribution in [0.5, 0.6) is 0 Å². The number of carbonyl (C=O) groups excluding carboxylic acids is 2. The second kappa shape index (κ2) is 8.08. The van der Waals surface area contributed by atoms with Crippen LogP contribution in [-0.2, 0) is 16.2 Å². The largest absolute Gasteiger partial charge is 0.465 e. The van der Waals surface area contributed by atoms with Gasteiger partial charge in [0, 0.05) is 10.6 Å². The Morgan fingerprint density at radius 1 is 1.26 bits per heavy atom. The number of methoxy groups -OCH3 is 1. The van der Waals surface area contributed by atoms with Crippen molar-refractivity contribution in [1.82, 2.24) is 4.90 Å².